The van der Waals surface area contributed by atoms with E-state index in [-0.39, 0.29) is 17.9 Å². The van der Waals surface area contributed by atoms with Crippen molar-refractivity contribution in [2.45, 2.75) is 19.9 Å². The Balaban J connectivity index is 1.73. The van der Waals surface area contributed by atoms with Crippen molar-refractivity contribution in [3.8, 4) is 5.13 Å². The summed E-state index contributed by atoms with van der Waals surface area (Å²) in [6.07, 6.45) is 1.56. The van der Waals surface area contributed by atoms with Gasteiger partial charge in [-0.2, -0.15) is 0 Å². The third-order valence-electron chi connectivity index (χ3n) is 3.93. The standard InChI is InChI=1S/C15H21N7O3S/c1-10(2)17-13(25)11-8-26-15(18-11)22-9-16-19-14(22)21-5-3-20(4-6-21)12(24)7-23/h8-10,23H,3-7H2,1-2H3,(H,17,25). The van der Waals surface area contributed by atoms with Gasteiger partial charge in [-0.1, -0.05) is 0 Å². The Morgan fingerprint density at radius 3 is 2.69 bits per heavy atom. The van der Waals surface area contributed by atoms with Crippen LogP contribution in [0.4, 0.5) is 5.95 Å². The quantitative estimate of drug-likeness (QED) is 0.719. The SMILES string of the molecule is CC(C)NC(=O)c1csc(-n2cnnc2N2CCN(C(=O)CO)CC2)n1. The smallest absolute Gasteiger partial charge is 0.271 e. The summed E-state index contributed by atoms with van der Waals surface area (Å²) in [5, 5.41) is 22.2. The number of thiazole rings is 1. The molecule has 0 spiro atoms. The van der Waals surface area contributed by atoms with Crippen LogP contribution >= 0.6 is 11.3 Å². The van der Waals surface area contributed by atoms with Crippen LogP contribution in [0.15, 0.2) is 11.7 Å². The molecule has 1 aliphatic rings. The molecule has 0 atom stereocenters. The van der Waals surface area contributed by atoms with Crippen molar-refractivity contribution in [2.24, 2.45) is 0 Å². The third kappa shape index (κ3) is 3.83. The van der Waals surface area contributed by atoms with Crippen LogP contribution in [0.25, 0.3) is 5.13 Å². The maximum Gasteiger partial charge on any atom is 0.271 e. The van der Waals surface area contributed by atoms with Gasteiger partial charge in [0.2, 0.25) is 11.9 Å². The van der Waals surface area contributed by atoms with Crippen LogP contribution in [0.5, 0.6) is 0 Å². The van der Waals surface area contributed by atoms with Crippen LogP contribution in [-0.4, -0.2) is 80.4 Å². The summed E-state index contributed by atoms with van der Waals surface area (Å²) in [6, 6.07) is 0.0380. The maximum atomic E-state index is 12.1. The van der Waals surface area contributed by atoms with Gasteiger partial charge < -0.3 is 20.2 Å². The fourth-order valence-corrected chi connectivity index (χ4v) is 3.42. The number of amides is 2. The van der Waals surface area contributed by atoms with Gasteiger partial charge in [-0.25, -0.2) is 9.55 Å². The van der Waals surface area contributed by atoms with Crippen LogP contribution in [0.3, 0.4) is 0 Å². The number of carbonyl (C=O) groups is 2. The molecule has 10 nitrogen and oxygen atoms in total. The van der Waals surface area contributed by atoms with Gasteiger partial charge in [0.25, 0.3) is 5.91 Å². The number of aliphatic hydroxyl groups excluding tert-OH is 1. The van der Waals surface area contributed by atoms with Gasteiger partial charge in [0.1, 0.15) is 18.6 Å². The molecule has 2 N–H and O–H groups in total. The molecule has 1 aliphatic heterocycles. The molecular formula is C15H21N7O3S. The highest BCUT2D eigenvalue weighted by Crippen LogP contribution is 2.22. The molecule has 2 aromatic rings. The molecule has 0 aromatic carbocycles. The van der Waals surface area contributed by atoms with Crippen LogP contribution < -0.4 is 10.2 Å². The van der Waals surface area contributed by atoms with Gasteiger partial charge in [0.05, 0.1) is 0 Å². The second-order valence-electron chi connectivity index (χ2n) is 6.17. The first-order valence-corrected chi connectivity index (χ1v) is 9.18. The molecule has 2 amide bonds. The largest absolute Gasteiger partial charge is 0.387 e. The molecule has 1 saturated heterocycles. The highest BCUT2D eigenvalue weighted by molar-refractivity contribution is 7.12. The Hall–Kier alpha value is -2.53. The molecule has 140 valence electrons. The third-order valence-corrected chi connectivity index (χ3v) is 4.77. The van der Waals surface area contributed by atoms with Crippen molar-refractivity contribution in [3.05, 3.63) is 17.4 Å². The van der Waals surface area contributed by atoms with Crippen LogP contribution in [-0.2, 0) is 4.79 Å². The summed E-state index contributed by atoms with van der Waals surface area (Å²) in [4.78, 5) is 31.7. The molecule has 0 unspecified atom stereocenters. The van der Waals surface area contributed by atoms with Gasteiger partial charge in [-0.3, -0.25) is 9.59 Å². The lowest BCUT2D eigenvalue weighted by Gasteiger charge is -2.34. The fraction of sp³-hybridized carbons (Fsp3) is 0.533. The van der Waals surface area contributed by atoms with E-state index in [0.717, 1.165) is 0 Å². The number of aromatic nitrogens is 4. The molecule has 1 fully saturated rings. The monoisotopic (exact) mass is 379 g/mol. The molecular weight excluding hydrogens is 358 g/mol. The Bertz CT molecular complexity index is 780. The number of aliphatic hydroxyl groups is 1. The minimum absolute atomic E-state index is 0.0380. The van der Waals surface area contributed by atoms with Crippen molar-refractivity contribution in [1.29, 1.82) is 0 Å². The first-order valence-electron chi connectivity index (χ1n) is 8.30. The molecule has 11 heteroatoms. The van der Waals surface area contributed by atoms with Gasteiger partial charge in [0.15, 0.2) is 5.13 Å². The average molecular weight is 379 g/mol. The summed E-state index contributed by atoms with van der Waals surface area (Å²) < 4.78 is 1.74. The highest BCUT2D eigenvalue weighted by Gasteiger charge is 2.24. The molecule has 0 bridgehead atoms. The van der Waals surface area contributed by atoms with Crippen molar-refractivity contribution in [1.82, 2.24) is 30.0 Å². The van der Waals surface area contributed by atoms with Crippen molar-refractivity contribution >= 4 is 29.1 Å². The lowest BCUT2D eigenvalue weighted by molar-refractivity contribution is -0.134. The van der Waals surface area contributed by atoms with E-state index in [1.165, 1.54) is 11.3 Å². The van der Waals surface area contributed by atoms with Crippen LogP contribution in [0.2, 0.25) is 0 Å². The summed E-state index contributed by atoms with van der Waals surface area (Å²) in [6.45, 7) is 5.48. The Kier molecular flexibility index (Phi) is 5.47. The molecule has 3 rings (SSSR count). The lowest BCUT2D eigenvalue weighted by atomic mass is 10.3. The van der Waals surface area contributed by atoms with E-state index in [0.29, 0.717) is 43.0 Å². The zero-order valence-corrected chi connectivity index (χ0v) is 15.4. The van der Waals surface area contributed by atoms with Crippen LogP contribution in [0, 0.1) is 0 Å². The summed E-state index contributed by atoms with van der Waals surface area (Å²) in [5.41, 5.74) is 0.358. The minimum Gasteiger partial charge on any atom is -0.387 e. The predicted octanol–water partition coefficient (Wildman–Crippen LogP) is -0.497. The van der Waals surface area contributed by atoms with Gasteiger partial charge in [-0.05, 0) is 13.8 Å². The molecule has 26 heavy (non-hydrogen) atoms. The predicted molar refractivity (Wildman–Crippen MR) is 95.5 cm³/mol. The second-order valence-corrected chi connectivity index (χ2v) is 7.01. The summed E-state index contributed by atoms with van der Waals surface area (Å²) >= 11 is 1.34. The number of hydrogen-bond donors (Lipinski definition) is 2. The van der Waals surface area contributed by atoms with E-state index < -0.39 is 6.61 Å². The van der Waals surface area contributed by atoms with E-state index in [4.69, 9.17) is 5.11 Å². The van der Waals surface area contributed by atoms with Crippen molar-refractivity contribution < 1.29 is 14.7 Å². The zero-order chi connectivity index (χ0) is 18.7. The Morgan fingerprint density at radius 1 is 1.31 bits per heavy atom. The number of nitrogens with one attached hydrogen (secondary N) is 1. The maximum absolute atomic E-state index is 12.1. The first kappa shape index (κ1) is 18.3. The number of piperazine rings is 1. The normalized spacial score (nSPS) is 14.8. The van der Waals surface area contributed by atoms with Crippen molar-refractivity contribution in [2.75, 3.05) is 37.7 Å². The molecule has 0 radical (unpaired) electrons. The second kappa shape index (κ2) is 7.79. The van der Waals surface area contributed by atoms with E-state index >= 15 is 0 Å². The number of hydrogen-bond acceptors (Lipinski definition) is 8. The number of nitrogens with zero attached hydrogens (tertiary/aromatic N) is 6. The first-order chi connectivity index (χ1) is 12.5. The molecule has 0 saturated carbocycles. The van der Waals surface area contributed by atoms with E-state index in [1.807, 2.05) is 18.7 Å². The van der Waals surface area contributed by atoms with Gasteiger partial charge in [0, 0.05) is 37.6 Å². The summed E-state index contributed by atoms with van der Waals surface area (Å²) in [5.74, 6) is 0.131. The number of carbonyl (C=O) groups excluding carboxylic acids is 2. The van der Waals surface area contributed by atoms with E-state index in [9.17, 15) is 9.59 Å². The molecule has 0 aliphatic carbocycles. The Morgan fingerprint density at radius 2 is 2.04 bits per heavy atom. The molecule has 2 aromatic heterocycles. The molecule has 3 heterocycles. The highest BCUT2D eigenvalue weighted by atomic mass is 32.1. The minimum atomic E-state index is -0.476. The number of anilines is 1. The van der Waals surface area contributed by atoms with Gasteiger partial charge in [-0.15, -0.1) is 21.5 Å². The Labute approximate surface area is 154 Å². The number of rotatable bonds is 5. The fourth-order valence-electron chi connectivity index (χ4n) is 2.65. The van der Waals surface area contributed by atoms with E-state index in [2.05, 4.69) is 20.5 Å². The summed E-state index contributed by atoms with van der Waals surface area (Å²) in [7, 11) is 0. The average Bonchev–Trinajstić information content (AvgIpc) is 3.29. The van der Waals surface area contributed by atoms with E-state index in [1.54, 1.807) is 21.2 Å². The topological polar surface area (TPSA) is 116 Å². The van der Waals surface area contributed by atoms with Crippen molar-refractivity contribution in [3.63, 3.8) is 0 Å². The van der Waals surface area contributed by atoms with Gasteiger partial charge >= 0.3 is 0 Å². The zero-order valence-electron chi connectivity index (χ0n) is 14.6. The van der Waals surface area contributed by atoms with Crippen LogP contribution in [0.1, 0.15) is 24.3 Å². The lowest BCUT2D eigenvalue weighted by Crippen LogP contribution is -2.50.